The number of ether oxygens (including phenoxy) is 2. The molecule has 1 rings (SSSR count). The zero-order valence-corrected chi connectivity index (χ0v) is 12.4. The molecule has 1 saturated heterocycles. The largest absolute Gasteiger partial charge is 0.395 e. The minimum Gasteiger partial charge on any atom is -0.395 e. The van der Waals surface area contributed by atoms with Crippen LogP contribution in [0.15, 0.2) is 0 Å². The summed E-state index contributed by atoms with van der Waals surface area (Å²) in [6.45, 7) is 9.29. The molecule has 0 bridgehead atoms. The molecule has 1 unspecified atom stereocenters. The van der Waals surface area contributed by atoms with Crippen molar-refractivity contribution >= 4 is 0 Å². The lowest BCUT2D eigenvalue weighted by molar-refractivity contribution is -0.142. The fourth-order valence-electron chi connectivity index (χ4n) is 2.53. The summed E-state index contributed by atoms with van der Waals surface area (Å²) < 4.78 is 11.1. The van der Waals surface area contributed by atoms with Gasteiger partial charge in [0.25, 0.3) is 0 Å². The molecular formula is C14H30N2O3. The maximum atomic E-state index is 9.16. The molecule has 0 saturated carbocycles. The van der Waals surface area contributed by atoms with Crippen LogP contribution >= 0.6 is 0 Å². The fourth-order valence-corrected chi connectivity index (χ4v) is 2.53. The van der Waals surface area contributed by atoms with Crippen LogP contribution in [0.1, 0.15) is 33.1 Å². The van der Waals surface area contributed by atoms with Crippen LogP contribution in [0.2, 0.25) is 0 Å². The monoisotopic (exact) mass is 274 g/mol. The minimum absolute atomic E-state index is 0.118. The Balaban J connectivity index is 2.29. The quantitative estimate of drug-likeness (QED) is 0.546. The molecule has 1 atom stereocenters. The van der Waals surface area contributed by atoms with Crippen LogP contribution < -0.4 is 5.32 Å². The van der Waals surface area contributed by atoms with Gasteiger partial charge in [0.1, 0.15) is 0 Å². The van der Waals surface area contributed by atoms with Gasteiger partial charge in [-0.2, -0.15) is 0 Å². The Hall–Kier alpha value is -0.200. The number of aliphatic hydroxyl groups is 1. The SMILES string of the molecule is CCOC(CCN(CCO)CC1CCCN1)OCC. The molecule has 1 heterocycles. The van der Waals surface area contributed by atoms with Gasteiger partial charge in [-0.15, -0.1) is 0 Å². The molecule has 0 radical (unpaired) electrons. The van der Waals surface area contributed by atoms with E-state index < -0.39 is 0 Å². The molecule has 1 aliphatic rings. The van der Waals surface area contributed by atoms with Gasteiger partial charge >= 0.3 is 0 Å². The molecule has 1 aliphatic heterocycles. The number of rotatable bonds is 11. The first-order valence-corrected chi connectivity index (χ1v) is 7.59. The Labute approximate surface area is 117 Å². The molecule has 0 spiro atoms. The summed E-state index contributed by atoms with van der Waals surface area (Å²) >= 11 is 0. The van der Waals surface area contributed by atoms with Crippen LogP contribution in [-0.4, -0.2) is 68.3 Å². The number of nitrogens with zero attached hydrogens (tertiary/aromatic N) is 1. The van der Waals surface area contributed by atoms with Crippen molar-refractivity contribution in [1.29, 1.82) is 0 Å². The van der Waals surface area contributed by atoms with Gasteiger partial charge in [-0.05, 0) is 33.2 Å². The van der Waals surface area contributed by atoms with Gasteiger partial charge in [-0.3, -0.25) is 4.90 Å². The van der Waals surface area contributed by atoms with Crippen molar-refractivity contribution in [2.24, 2.45) is 0 Å². The van der Waals surface area contributed by atoms with E-state index in [-0.39, 0.29) is 12.9 Å². The Bertz CT molecular complexity index is 205. The summed E-state index contributed by atoms with van der Waals surface area (Å²) in [5, 5.41) is 12.7. The van der Waals surface area contributed by atoms with Crippen LogP contribution in [0.25, 0.3) is 0 Å². The molecule has 0 aromatic rings. The Kier molecular flexibility index (Phi) is 9.38. The molecule has 0 amide bonds. The van der Waals surface area contributed by atoms with Crippen molar-refractivity contribution in [2.75, 3.05) is 46.0 Å². The van der Waals surface area contributed by atoms with Gasteiger partial charge in [0.05, 0.1) is 6.61 Å². The third-order valence-corrected chi connectivity index (χ3v) is 3.44. The van der Waals surface area contributed by atoms with Gasteiger partial charge in [0, 0.05) is 45.3 Å². The number of nitrogens with one attached hydrogen (secondary N) is 1. The van der Waals surface area contributed by atoms with Gasteiger partial charge in [-0.25, -0.2) is 0 Å². The van der Waals surface area contributed by atoms with E-state index in [4.69, 9.17) is 14.6 Å². The first-order valence-electron chi connectivity index (χ1n) is 7.59. The smallest absolute Gasteiger partial charge is 0.158 e. The topological polar surface area (TPSA) is 54.0 Å². The van der Waals surface area contributed by atoms with Crippen molar-refractivity contribution in [3.8, 4) is 0 Å². The van der Waals surface area contributed by atoms with E-state index in [1.54, 1.807) is 0 Å². The highest BCUT2D eigenvalue weighted by molar-refractivity contribution is 4.78. The third kappa shape index (κ3) is 7.22. The van der Waals surface area contributed by atoms with E-state index in [1.807, 2.05) is 13.8 Å². The molecule has 0 aromatic heterocycles. The molecule has 1 fully saturated rings. The number of hydrogen-bond donors (Lipinski definition) is 2. The van der Waals surface area contributed by atoms with E-state index in [0.29, 0.717) is 19.3 Å². The average molecular weight is 274 g/mol. The summed E-state index contributed by atoms with van der Waals surface area (Å²) in [6.07, 6.45) is 3.24. The molecule has 114 valence electrons. The highest BCUT2D eigenvalue weighted by atomic mass is 16.7. The van der Waals surface area contributed by atoms with E-state index in [0.717, 1.165) is 32.6 Å². The summed E-state index contributed by atoms with van der Waals surface area (Å²) in [4.78, 5) is 2.30. The predicted octanol–water partition coefficient (Wildman–Crippen LogP) is 0.822. The van der Waals surface area contributed by atoms with Gasteiger partial charge in [0.2, 0.25) is 0 Å². The van der Waals surface area contributed by atoms with E-state index >= 15 is 0 Å². The summed E-state index contributed by atoms with van der Waals surface area (Å²) in [7, 11) is 0. The maximum absolute atomic E-state index is 9.16. The third-order valence-electron chi connectivity index (χ3n) is 3.44. The number of hydrogen-bond acceptors (Lipinski definition) is 5. The van der Waals surface area contributed by atoms with Crippen LogP contribution in [0.3, 0.4) is 0 Å². The van der Waals surface area contributed by atoms with Crippen LogP contribution in [-0.2, 0) is 9.47 Å². The van der Waals surface area contributed by atoms with Crippen molar-refractivity contribution in [1.82, 2.24) is 10.2 Å². The lowest BCUT2D eigenvalue weighted by Gasteiger charge is -2.26. The van der Waals surface area contributed by atoms with Crippen molar-refractivity contribution in [3.63, 3.8) is 0 Å². The van der Waals surface area contributed by atoms with Crippen molar-refractivity contribution in [2.45, 2.75) is 45.4 Å². The molecule has 19 heavy (non-hydrogen) atoms. The first kappa shape index (κ1) is 16.9. The molecule has 2 N–H and O–H groups in total. The maximum Gasteiger partial charge on any atom is 0.158 e. The van der Waals surface area contributed by atoms with Gasteiger partial charge in [-0.1, -0.05) is 0 Å². The molecule has 5 nitrogen and oxygen atoms in total. The average Bonchev–Trinajstić information content (AvgIpc) is 2.89. The summed E-state index contributed by atoms with van der Waals surface area (Å²) in [5.41, 5.74) is 0. The molecule has 5 heteroatoms. The van der Waals surface area contributed by atoms with Crippen LogP contribution in [0.5, 0.6) is 0 Å². The predicted molar refractivity (Wildman–Crippen MR) is 76.2 cm³/mol. The standard InChI is InChI=1S/C14H30N2O3/c1-3-18-14(19-4-2)7-9-16(10-11-17)12-13-6-5-8-15-13/h13-15,17H,3-12H2,1-2H3. The second kappa shape index (κ2) is 10.6. The lowest BCUT2D eigenvalue weighted by atomic mass is 10.2. The molecule has 0 aromatic carbocycles. The number of aliphatic hydroxyl groups excluding tert-OH is 1. The van der Waals surface area contributed by atoms with E-state index in [9.17, 15) is 0 Å². The molecule has 0 aliphatic carbocycles. The van der Waals surface area contributed by atoms with E-state index in [2.05, 4.69) is 10.2 Å². The van der Waals surface area contributed by atoms with Crippen molar-refractivity contribution < 1.29 is 14.6 Å². The highest BCUT2D eigenvalue weighted by Gasteiger charge is 2.18. The zero-order valence-electron chi connectivity index (χ0n) is 12.4. The van der Waals surface area contributed by atoms with Gasteiger partial charge < -0.3 is 19.9 Å². The normalized spacial score (nSPS) is 19.7. The Morgan fingerprint density at radius 2 is 2.00 bits per heavy atom. The van der Waals surface area contributed by atoms with Gasteiger partial charge in [0.15, 0.2) is 6.29 Å². The highest BCUT2D eigenvalue weighted by Crippen LogP contribution is 2.09. The first-order chi connectivity index (χ1) is 9.30. The second-order valence-corrected chi connectivity index (χ2v) is 4.95. The second-order valence-electron chi connectivity index (χ2n) is 4.95. The van der Waals surface area contributed by atoms with Crippen LogP contribution in [0.4, 0.5) is 0 Å². The fraction of sp³-hybridized carbons (Fsp3) is 1.00. The Morgan fingerprint density at radius 1 is 1.26 bits per heavy atom. The lowest BCUT2D eigenvalue weighted by Crippen LogP contribution is -2.40. The zero-order chi connectivity index (χ0) is 13.9. The van der Waals surface area contributed by atoms with Crippen molar-refractivity contribution in [3.05, 3.63) is 0 Å². The summed E-state index contributed by atoms with van der Waals surface area (Å²) in [5.74, 6) is 0. The van der Waals surface area contributed by atoms with Crippen LogP contribution in [0, 0.1) is 0 Å². The molecular weight excluding hydrogens is 244 g/mol. The Morgan fingerprint density at radius 3 is 2.53 bits per heavy atom. The summed E-state index contributed by atoms with van der Waals surface area (Å²) in [6, 6.07) is 0.573. The minimum atomic E-state index is -0.118. The van der Waals surface area contributed by atoms with E-state index in [1.165, 1.54) is 12.8 Å².